The van der Waals surface area contributed by atoms with Gasteiger partial charge in [-0.2, -0.15) is 0 Å². The molecule has 0 amide bonds. The van der Waals surface area contributed by atoms with E-state index in [9.17, 15) is 4.79 Å². The van der Waals surface area contributed by atoms with Gasteiger partial charge in [-0.25, -0.2) is 4.79 Å². The van der Waals surface area contributed by atoms with Crippen molar-refractivity contribution in [2.45, 2.75) is 26.9 Å². The molecule has 29 heavy (non-hydrogen) atoms. The number of halogens is 1. The Kier molecular flexibility index (Phi) is 5.15. The number of quaternary nitrogens is 1. The van der Waals surface area contributed by atoms with Gasteiger partial charge in [0, 0.05) is 22.6 Å². The number of ether oxygens (including phenoxy) is 3. The van der Waals surface area contributed by atoms with Gasteiger partial charge in [0.25, 0.3) is 0 Å². The van der Waals surface area contributed by atoms with Crippen LogP contribution < -0.4 is 24.7 Å². The molecule has 3 aromatic rings. The van der Waals surface area contributed by atoms with Crippen LogP contribution in [0.25, 0.3) is 11.0 Å². The second-order valence-corrected chi connectivity index (χ2v) is 7.66. The van der Waals surface area contributed by atoms with Crippen molar-refractivity contribution in [1.29, 1.82) is 0 Å². The van der Waals surface area contributed by atoms with Gasteiger partial charge < -0.3 is 18.6 Å². The van der Waals surface area contributed by atoms with Gasteiger partial charge in [-0.05, 0) is 37.6 Å². The average molecular weight is 417 g/mol. The Balaban J connectivity index is 1.73. The molecule has 2 aromatic carbocycles. The molecule has 4 rings (SSSR count). The third kappa shape index (κ3) is 3.43. The molecule has 1 aliphatic heterocycles. The second kappa shape index (κ2) is 7.61. The summed E-state index contributed by atoms with van der Waals surface area (Å²) in [6, 6.07) is 7.58. The van der Waals surface area contributed by atoms with Gasteiger partial charge in [0.2, 0.25) is 6.73 Å². The fourth-order valence-corrected chi connectivity index (χ4v) is 4.04. The Morgan fingerprint density at radius 2 is 1.93 bits per heavy atom. The van der Waals surface area contributed by atoms with E-state index >= 15 is 0 Å². The van der Waals surface area contributed by atoms with E-state index in [1.807, 2.05) is 31.2 Å². The number of hydrogen-bond acceptors (Lipinski definition) is 5. The van der Waals surface area contributed by atoms with Crippen LogP contribution >= 0.6 is 11.6 Å². The molecule has 0 radical (unpaired) electrons. The van der Waals surface area contributed by atoms with Crippen molar-refractivity contribution in [3.8, 4) is 17.2 Å². The van der Waals surface area contributed by atoms with Crippen LogP contribution in [0.2, 0.25) is 5.02 Å². The predicted molar refractivity (Wildman–Crippen MR) is 110 cm³/mol. The Hall–Kier alpha value is -2.70. The number of nitrogens with one attached hydrogen (secondary N) is 1. The Bertz CT molecular complexity index is 1150. The number of benzene rings is 2. The molecule has 1 aliphatic rings. The summed E-state index contributed by atoms with van der Waals surface area (Å²) >= 11 is 6.49. The maximum atomic E-state index is 12.3. The van der Waals surface area contributed by atoms with Gasteiger partial charge >= 0.3 is 5.63 Å². The summed E-state index contributed by atoms with van der Waals surface area (Å²) in [5, 5.41) is 1.38. The van der Waals surface area contributed by atoms with Gasteiger partial charge in [-0.15, -0.1) is 0 Å². The summed E-state index contributed by atoms with van der Waals surface area (Å²) in [5.74, 6) is 2.10. The highest BCUT2D eigenvalue weighted by molar-refractivity contribution is 6.33. The van der Waals surface area contributed by atoms with Crippen molar-refractivity contribution >= 4 is 22.6 Å². The van der Waals surface area contributed by atoms with Crippen molar-refractivity contribution < 1.29 is 23.5 Å². The van der Waals surface area contributed by atoms with Gasteiger partial charge in [0.1, 0.15) is 24.6 Å². The maximum Gasteiger partial charge on any atom is 0.339 e. The summed E-state index contributed by atoms with van der Waals surface area (Å²) in [7, 11) is 3.27. The minimum absolute atomic E-state index is 0.330. The zero-order chi connectivity index (χ0) is 20.7. The lowest BCUT2D eigenvalue weighted by Gasteiger charge is -2.28. The first kappa shape index (κ1) is 19.6. The number of aryl methyl sites for hydroxylation is 1. The van der Waals surface area contributed by atoms with E-state index in [0.717, 1.165) is 38.5 Å². The lowest BCUT2D eigenvalue weighted by molar-refractivity contribution is -0.945. The quantitative estimate of drug-likeness (QED) is 0.662. The Morgan fingerprint density at radius 1 is 1.14 bits per heavy atom. The molecule has 0 fully saturated rings. The zero-order valence-electron chi connectivity index (χ0n) is 16.8. The molecule has 6 nitrogen and oxygen atoms in total. The number of methoxy groups -OCH3 is 2. The van der Waals surface area contributed by atoms with Crippen molar-refractivity contribution in [3.63, 3.8) is 0 Å². The number of hydrogen-bond donors (Lipinski definition) is 1. The predicted octanol–water partition coefficient (Wildman–Crippen LogP) is 3.02. The molecule has 2 heterocycles. The van der Waals surface area contributed by atoms with Crippen LogP contribution in [0.15, 0.2) is 33.5 Å². The molecule has 7 heteroatoms. The van der Waals surface area contributed by atoms with E-state index in [2.05, 4.69) is 0 Å². The molecule has 0 saturated carbocycles. The van der Waals surface area contributed by atoms with E-state index in [4.69, 9.17) is 30.2 Å². The highest BCUT2D eigenvalue weighted by Crippen LogP contribution is 2.37. The lowest BCUT2D eigenvalue weighted by Crippen LogP contribution is -3.10. The van der Waals surface area contributed by atoms with E-state index in [0.29, 0.717) is 41.7 Å². The molecule has 0 aliphatic carbocycles. The van der Waals surface area contributed by atoms with Gasteiger partial charge in [-0.3, -0.25) is 4.90 Å². The molecule has 152 valence electrons. The first-order valence-electron chi connectivity index (χ1n) is 9.35. The molecular weight excluding hydrogens is 394 g/mol. The third-order valence-electron chi connectivity index (χ3n) is 5.53. The highest BCUT2D eigenvalue weighted by atomic mass is 35.5. The normalized spacial score (nSPS) is 15.7. The highest BCUT2D eigenvalue weighted by Gasteiger charge is 2.28. The second-order valence-electron chi connectivity index (χ2n) is 7.25. The molecule has 1 unspecified atom stereocenters. The van der Waals surface area contributed by atoms with Crippen LogP contribution in [0.4, 0.5) is 0 Å². The SMILES string of the molecule is COc1ccc(C[NH+]2COc3c(Cl)cc4c(C)c(C)c(=O)oc4c3C2)c(OC)c1. The summed E-state index contributed by atoms with van der Waals surface area (Å²) in [4.78, 5) is 13.4. The van der Waals surface area contributed by atoms with Crippen molar-refractivity contribution in [2.75, 3.05) is 21.0 Å². The van der Waals surface area contributed by atoms with E-state index in [-0.39, 0.29) is 5.63 Å². The zero-order valence-corrected chi connectivity index (χ0v) is 17.6. The largest absolute Gasteiger partial charge is 0.497 e. The molecule has 1 N–H and O–H groups in total. The van der Waals surface area contributed by atoms with Crippen LogP contribution in [-0.4, -0.2) is 21.0 Å². The summed E-state index contributed by atoms with van der Waals surface area (Å²) in [6.07, 6.45) is 0. The lowest BCUT2D eigenvalue weighted by atomic mass is 10.0. The fraction of sp³-hybridized carbons (Fsp3) is 0.318. The van der Waals surface area contributed by atoms with Crippen molar-refractivity contribution in [1.82, 2.24) is 0 Å². The van der Waals surface area contributed by atoms with Crippen molar-refractivity contribution in [3.05, 3.63) is 62.0 Å². The monoisotopic (exact) mass is 416 g/mol. The van der Waals surface area contributed by atoms with Crippen molar-refractivity contribution in [2.24, 2.45) is 0 Å². The summed E-state index contributed by atoms with van der Waals surface area (Å²) in [5.41, 5.74) is 3.55. The summed E-state index contributed by atoms with van der Waals surface area (Å²) in [6.45, 7) is 5.41. The van der Waals surface area contributed by atoms with Crippen LogP contribution in [0, 0.1) is 13.8 Å². The van der Waals surface area contributed by atoms with Crippen LogP contribution in [-0.2, 0) is 13.1 Å². The number of fused-ring (bicyclic) bond motifs is 3. The average Bonchev–Trinajstić information content (AvgIpc) is 2.73. The first-order chi connectivity index (χ1) is 13.9. The van der Waals surface area contributed by atoms with Crippen LogP contribution in [0.5, 0.6) is 17.2 Å². The van der Waals surface area contributed by atoms with Crippen LogP contribution in [0.3, 0.4) is 0 Å². The molecule has 0 spiro atoms. The van der Waals surface area contributed by atoms with E-state index in [1.165, 1.54) is 0 Å². The minimum atomic E-state index is -0.330. The third-order valence-corrected chi connectivity index (χ3v) is 5.81. The van der Waals surface area contributed by atoms with E-state index in [1.54, 1.807) is 21.1 Å². The van der Waals surface area contributed by atoms with Crippen LogP contribution in [0.1, 0.15) is 22.3 Å². The standard InChI is InChI=1S/C22H22ClNO5/c1-12-13(2)22(25)29-20-16(12)8-18(23)21-17(20)10-24(11-28-21)9-14-5-6-15(26-3)7-19(14)27-4/h5-8H,9-11H2,1-4H3/p+1. The maximum absolute atomic E-state index is 12.3. The Labute approximate surface area is 173 Å². The van der Waals surface area contributed by atoms with Gasteiger partial charge in [0.15, 0.2) is 11.3 Å². The van der Waals surface area contributed by atoms with Gasteiger partial charge in [0.05, 0.1) is 24.8 Å². The van der Waals surface area contributed by atoms with E-state index < -0.39 is 0 Å². The number of rotatable bonds is 4. The topological polar surface area (TPSA) is 62.3 Å². The van der Waals surface area contributed by atoms with Gasteiger partial charge in [-0.1, -0.05) is 11.6 Å². The fourth-order valence-electron chi connectivity index (χ4n) is 3.76. The molecule has 0 bridgehead atoms. The smallest absolute Gasteiger partial charge is 0.339 e. The molecular formula is C22H23ClNO5+. The first-order valence-corrected chi connectivity index (χ1v) is 9.73. The molecule has 0 saturated heterocycles. The summed E-state index contributed by atoms with van der Waals surface area (Å²) < 4.78 is 22.4. The Morgan fingerprint density at radius 3 is 2.66 bits per heavy atom. The molecule has 1 aromatic heterocycles. The minimum Gasteiger partial charge on any atom is -0.497 e. The molecule has 1 atom stereocenters.